The van der Waals surface area contributed by atoms with E-state index in [1.807, 2.05) is 24.3 Å². The molecule has 4 heteroatoms. The molecule has 0 bridgehead atoms. The van der Waals surface area contributed by atoms with Gasteiger partial charge in [-0.3, -0.25) is 0 Å². The van der Waals surface area contributed by atoms with Gasteiger partial charge in [-0.15, -0.1) is 0 Å². The molecule has 0 radical (unpaired) electrons. The number of methoxy groups -OCH3 is 1. The highest BCUT2D eigenvalue weighted by atomic mass is 35.5. The average Bonchev–Trinajstić information content (AvgIpc) is 2.40. The van der Waals surface area contributed by atoms with Gasteiger partial charge in [0, 0.05) is 6.07 Å². The van der Waals surface area contributed by atoms with Crippen molar-refractivity contribution >= 4 is 11.6 Å². The van der Waals surface area contributed by atoms with Crippen LogP contribution in [0.5, 0.6) is 17.2 Å². The molecule has 0 saturated carbocycles. The van der Waals surface area contributed by atoms with Gasteiger partial charge in [0.25, 0.3) is 0 Å². The number of rotatable bonds is 4. The van der Waals surface area contributed by atoms with Crippen LogP contribution in [-0.2, 0) is 6.61 Å². The van der Waals surface area contributed by atoms with E-state index in [0.717, 1.165) is 11.3 Å². The Balaban J connectivity index is 2.04. The number of aromatic hydroxyl groups is 1. The van der Waals surface area contributed by atoms with E-state index in [2.05, 4.69) is 0 Å². The van der Waals surface area contributed by atoms with Gasteiger partial charge in [-0.25, -0.2) is 0 Å². The first-order valence-corrected chi connectivity index (χ1v) is 5.81. The second-order valence-electron chi connectivity index (χ2n) is 3.75. The zero-order valence-electron chi connectivity index (χ0n) is 9.89. The second-order valence-corrected chi connectivity index (χ2v) is 4.16. The molecule has 0 aromatic heterocycles. The van der Waals surface area contributed by atoms with Crippen LogP contribution in [0.25, 0.3) is 0 Å². The molecule has 0 heterocycles. The Bertz CT molecular complexity index is 540. The Morgan fingerprint density at radius 2 is 1.89 bits per heavy atom. The highest BCUT2D eigenvalue weighted by Gasteiger charge is 2.02. The van der Waals surface area contributed by atoms with Gasteiger partial charge in [0.15, 0.2) is 0 Å². The van der Waals surface area contributed by atoms with E-state index in [1.165, 1.54) is 0 Å². The maximum absolute atomic E-state index is 9.47. The molecule has 0 spiro atoms. The van der Waals surface area contributed by atoms with E-state index in [-0.39, 0.29) is 5.75 Å². The molecule has 2 aromatic carbocycles. The lowest BCUT2D eigenvalue weighted by molar-refractivity contribution is 0.303. The first kappa shape index (κ1) is 12.6. The zero-order chi connectivity index (χ0) is 13.0. The van der Waals surface area contributed by atoms with Gasteiger partial charge < -0.3 is 14.6 Å². The van der Waals surface area contributed by atoms with Crippen molar-refractivity contribution in [2.24, 2.45) is 0 Å². The molecule has 0 aliphatic carbocycles. The summed E-state index contributed by atoms with van der Waals surface area (Å²) in [6.07, 6.45) is 0. The van der Waals surface area contributed by atoms with Crippen LogP contribution in [0.4, 0.5) is 0 Å². The zero-order valence-corrected chi connectivity index (χ0v) is 10.6. The molecule has 2 rings (SSSR count). The minimum atomic E-state index is 0.0587. The molecular weight excluding hydrogens is 252 g/mol. The van der Waals surface area contributed by atoms with Crippen molar-refractivity contribution < 1.29 is 14.6 Å². The Hall–Kier alpha value is -1.87. The van der Waals surface area contributed by atoms with Crippen molar-refractivity contribution in [1.82, 2.24) is 0 Å². The third kappa shape index (κ3) is 3.08. The Morgan fingerprint density at radius 3 is 2.61 bits per heavy atom. The molecule has 18 heavy (non-hydrogen) atoms. The van der Waals surface area contributed by atoms with Gasteiger partial charge >= 0.3 is 0 Å². The minimum absolute atomic E-state index is 0.0587. The van der Waals surface area contributed by atoms with E-state index in [0.29, 0.717) is 17.4 Å². The van der Waals surface area contributed by atoms with Crippen LogP contribution in [0, 0.1) is 0 Å². The molecule has 0 fully saturated rings. The topological polar surface area (TPSA) is 38.7 Å². The summed E-state index contributed by atoms with van der Waals surface area (Å²) in [6, 6.07) is 12.4. The number of hydrogen-bond donors (Lipinski definition) is 1. The molecule has 0 aliphatic heterocycles. The molecule has 0 aliphatic rings. The van der Waals surface area contributed by atoms with Crippen LogP contribution in [-0.4, -0.2) is 12.2 Å². The van der Waals surface area contributed by atoms with Gasteiger partial charge in [-0.2, -0.15) is 0 Å². The summed E-state index contributed by atoms with van der Waals surface area (Å²) >= 11 is 5.73. The van der Waals surface area contributed by atoms with Crippen molar-refractivity contribution in [1.29, 1.82) is 0 Å². The van der Waals surface area contributed by atoms with E-state index >= 15 is 0 Å². The van der Waals surface area contributed by atoms with Gasteiger partial charge in [0.2, 0.25) is 0 Å². The van der Waals surface area contributed by atoms with Gasteiger partial charge in [0.1, 0.15) is 23.9 Å². The lowest BCUT2D eigenvalue weighted by Crippen LogP contribution is -1.95. The quantitative estimate of drug-likeness (QED) is 0.916. The SMILES string of the molecule is COc1cccc(OCc2ccc(Cl)c(O)c2)c1. The average molecular weight is 265 g/mol. The van der Waals surface area contributed by atoms with E-state index in [4.69, 9.17) is 21.1 Å². The molecule has 3 nitrogen and oxygen atoms in total. The lowest BCUT2D eigenvalue weighted by Gasteiger charge is -2.08. The Morgan fingerprint density at radius 1 is 1.11 bits per heavy atom. The fourth-order valence-corrected chi connectivity index (χ4v) is 1.62. The summed E-state index contributed by atoms with van der Waals surface area (Å²) in [4.78, 5) is 0. The molecule has 0 atom stereocenters. The largest absolute Gasteiger partial charge is 0.506 e. The van der Waals surface area contributed by atoms with Crippen molar-refractivity contribution in [3.05, 3.63) is 53.1 Å². The highest BCUT2D eigenvalue weighted by Crippen LogP contribution is 2.25. The second kappa shape index (κ2) is 5.65. The first-order chi connectivity index (χ1) is 8.69. The molecule has 2 aromatic rings. The van der Waals surface area contributed by atoms with E-state index in [9.17, 15) is 5.11 Å². The minimum Gasteiger partial charge on any atom is -0.506 e. The molecule has 1 N–H and O–H groups in total. The molecular formula is C14H13ClO3. The monoisotopic (exact) mass is 264 g/mol. The Labute approximate surface area is 111 Å². The van der Waals surface area contributed by atoms with Crippen LogP contribution in [0.2, 0.25) is 5.02 Å². The summed E-state index contributed by atoms with van der Waals surface area (Å²) in [5, 5.41) is 9.81. The van der Waals surface area contributed by atoms with Crippen LogP contribution < -0.4 is 9.47 Å². The Kier molecular flexibility index (Phi) is 3.95. The van der Waals surface area contributed by atoms with E-state index < -0.39 is 0 Å². The van der Waals surface area contributed by atoms with Gasteiger partial charge in [-0.1, -0.05) is 23.7 Å². The number of ether oxygens (including phenoxy) is 2. The molecule has 0 unspecified atom stereocenters. The van der Waals surface area contributed by atoms with Crippen molar-refractivity contribution in [2.45, 2.75) is 6.61 Å². The van der Waals surface area contributed by atoms with Crippen molar-refractivity contribution in [3.8, 4) is 17.2 Å². The third-order valence-corrected chi connectivity index (χ3v) is 2.78. The number of halogens is 1. The molecule has 0 amide bonds. The standard InChI is InChI=1S/C14H13ClO3/c1-17-11-3-2-4-12(8-11)18-9-10-5-6-13(15)14(16)7-10/h2-8,16H,9H2,1H3. The summed E-state index contributed by atoms with van der Waals surface area (Å²) < 4.78 is 10.7. The third-order valence-electron chi connectivity index (χ3n) is 2.46. The smallest absolute Gasteiger partial charge is 0.134 e. The van der Waals surface area contributed by atoms with Crippen LogP contribution in [0.3, 0.4) is 0 Å². The summed E-state index contributed by atoms with van der Waals surface area (Å²) in [6.45, 7) is 0.359. The maximum atomic E-state index is 9.47. The van der Waals surface area contributed by atoms with E-state index in [1.54, 1.807) is 25.3 Å². The lowest BCUT2D eigenvalue weighted by atomic mass is 10.2. The molecule has 94 valence electrons. The first-order valence-electron chi connectivity index (χ1n) is 5.43. The summed E-state index contributed by atoms with van der Waals surface area (Å²) in [7, 11) is 1.61. The van der Waals surface area contributed by atoms with Crippen LogP contribution in [0.1, 0.15) is 5.56 Å². The summed E-state index contributed by atoms with van der Waals surface area (Å²) in [5.41, 5.74) is 0.847. The maximum Gasteiger partial charge on any atom is 0.134 e. The van der Waals surface area contributed by atoms with Crippen LogP contribution in [0.15, 0.2) is 42.5 Å². The molecule has 0 saturated heterocycles. The number of phenols is 1. The fourth-order valence-electron chi connectivity index (χ4n) is 1.51. The number of benzene rings is 2. The fraction of sp³-hybridized carbons (Fsp3) is 0.143. The number of hydrogen-bond acceptors (Lipinski definition) is 3. The normalized spacial score (nSPS) is 10.1. The predicted molar refractivity (Wildman–Crippen MR) is 70.4 cm³/mol. The van der Waals surface area contributed by atoms with Crippen molar-refractivity contribution in [3.63, 3.8) is 0 Å². The van der Waals surface area contributed by atoms with Gasteiger partial charge in [-0.05, 0) is 29.8 Å². The van der Waals surface area contributed by atoms with Gasteiger partial charge in [0.05, 0.1) is 12.1 Å². The predicted octanol–water partition coefficient (Wildman–Crippen LogP) is 3.63. The summed E-state index contributed by atoms with van der Waals surface area (Å²) in [5.74, 6) is 1.51. The highest BCUT2D eigenvalue weighted by molar-refractivity contribution is 6.31. The van der Waals surface area contributed by atoms with Crippen LogP contribution >= 0.6 is 11.6 Å². The van der Waals surface area contributed by atoms with Crippen molar-refractivity contribution in [2.75, 3.05) is 7.11 Å². The number of phenolic OH excluding ortho intramolecular Hbond substituents is 1.